The van der Waals surface area contributed by atoms with Crippen molar-refractivity contribution < 1.29 is 8.42 Å². The van der Waals surface area contributed by atoms with Crippen LogP contribution in [0, 0.1) is 6.92 Å². The second-order valence-electron chi connectivity index (χ2n) is 4.82. The summed E-state index contributed by atoms with van der Waals surface area (Å²) in [4.78, 5) is 0. The first-order valence-corrected chi connectivity index (χ1v) is 8.05. The van der Waals surface area contributed by atoms with E-state index >= 15 is 0 Å². The minimum Gasteiger partial charge on any atom is -0.394 e. The standard InChI is InChI=1S/C11H20N4O2S/c1-3-5-15-11(10(12)8(2)14-15)13-9-4-6-18(16,17)7-9/h9,13H,3-7,12H2,1-2H3. The van der Waals surface area contributed by atoms with Crippen molar-refractivity contribution in [3.8, 4) is 0 Å². The Kier molecular flexibility index (Phi) is 3.52. The normalized spacial score (nSPS) is 22.2. The van der Waals surface area contributed by atoms with E-state index in [0.29, 0.717) is 12.1 Å². The Balaban J connectivity index is 2.18. The molecule has 0 amide bonds. The highest BCUT2D eigenvalue weighted by Crippen LogP contribution is 2.25. The first kappa shape index (κ1) is 13.2. The smallest absolute Gasteiger partial charge is 0.152 e. The maximum absolute atomic E-state index is 11.4. The topological polar surface area (TPSA) is 90.0 Å². The van der Waals surface area contributed by atoms with Crippen LogP contribution >= 0.6 is 0 Å². The molecule has 0 saturated carbocycles. The molecule has 2 heterocycles. The summed E-state index contributed by atoms with van der Waals surface area (Å²) in [6, 6.07) is -0.0518. The van der Waals surface area contributed by atoms with Crippen LogP contribution in [0.25, 0.3) is 0 Å². The van der Waals surface area contributed by atoms with Gasteiger partial charge in [0.05, 0.1) is 22.9 Å². The van der Waals surface area contributed by atoms with Gasteiger partial charge in [0.15, 0.2) is 9.84 Å². The molecule has 1 atom stereocenters. The molecular weight excluding hydrogens is 252 g/mol. The summed E-state index contributed by atoms with van der Waals surface area (Å²) >= 11 is 0. The first-order valence-electron chi connectivity index (χ1n) is 6.23. The molecule has 1 aliphatic rings. The van der Waals surface area contributed by atoms with Crippen LogP contribution in [0.15, 0.2) is 0 Å². The van der Waals surface area contributed by atoms with Gasteiger partial charge in [0.25, 0.3) is 0 Å². The van der Waals surface area contributed by atoms with Crippen LogP contribution in [0.1, 0.15) is 25.5 Å². The lowest BCUT2D eigenvalue weighted by molar-refractivity contribution is 0.596. The van der Waals surface area contributed by atoms with Crippen molar-refractivity contribution in [2.75, 3.05) is 22.6 Å². The summed E-state index contributed by atoms with van der Waals surface area (Å²) in [5.74, 6) is 1.20. The molecule has 7 heteroatoms. The lowest BCUT2D eigenvalue weighted by Crippen LogP contribution is -2.23. The van der Waals surface area contributed by atoms with Gasteiger partial charge >= 0.3 is 0 Å². The summed E-state index contributed by atoms with van der Waals surface area (Å²) in [5, 5.41) is 7.59. The number of nitrogen functional groups attached to an aromatic ring is 1. The summed E-state index contributed by atoms with van der Waals surface area (Å²) < 4.78 is 24.7. The van der Waals surface area contributed by atoms with Gasteiger partial charge in [-0.05, 0) is 19.8 Å². The molecule has 1 fully saturated rings. The van der Waals surface area contributed by atoms with Crippen LogP contribution in [-0.2, 0) is 16.4 Å². The van der Waals surface area contributed by atoms with Gasteiger partial charge in [0.1, 0.15) is 5.82 Å². The number of aryl methyl sites for hydroxylation is 2. The van der Waals surface area contributed by atoms with E-state index in [2.05, 4.69) is 17.3 Å². The number of rotatable bonds is 4. The molecule has 1 unspecified atom stereocenters. The fourth-order valence-corrected chi connectivity index (χ4v) is 3.90. The SMILES string of the molecule is CCCn1nc(C)c(N)c1NC1CCS(=O)(=O)C1. The summed E-state index contributed by atoms with van der Waals surface area (Å²) in [6.07, 6.45) is 1.59. The second-order valence-corrected chi connectivity index (χ2v) is 7.04. The van der Waals surface area contributed by atoms with Gasteiger partial charge in [-0.3, -0.25) is 0 Å². The minimum absolute atomic E-state index is 0.0518. The minimum atomic E-state index is -2.88. The van der Waals surface area contributed by atoms with Crippen LogP contribution < -0.4 is 11.1 Å². The third kappa shape index (κ3) is 2.60. The van der Waals surface area contributed by atoms with Crippen molar-refractivity contribution in [2.45, 2.75) is 39.3 Å². The molecule has 1 aromatic rings. The Hall–Kier alpha value is -1.24. The molecule has 0 radical (unpaired) electrons. The Bertz CT molecular complexity index is 535. The number of nitrogens with zero attached hydrogens (tertiary/aromatic N) is 2. The number of hydrogen-bond acceptors (Lipinski definition) is 5. The average molecular weight is 272 g/mol. The molecule has 18 heavy (non-hydrogen) atoms. The van der Waals surface area contributed by atoms with Crippen molar-refractivity contribution in [1.82, 2.24) is 9.78 Å². The van der Waals surface area contributed by atoms with Gasteiger partial charge in [0, 0.05) is 12.6 Å². The summed E-state index contributed by atoms with van der Waals surface area (Å²) in [5.41, 5.74) is 7.39. The molecule has 1 saturated heterocycles. The lowest BCUT2D eigenvalue weighted by Gasteiger charge is -2.14. The largest absolute Gasteiger partial charge is 0.394 e. The van der Waals surface area contributed by atoms with Crippen LogP contribution in [-0.4, -0.2) is 35.7 Å². The van der Waals surface area contributed by atoms with Crippen LogP contribution in [0.4, 0.5) is 11.5 Å². The van der Waals surface area contributed by atoms with Gasteiger partial charge in [-0.15, -0.1) is 0 Å². The zero-order valence-corrected chi connectivity index (χ0v) is 11.6. The molecule has 0 aromatic carbocycles. The predicted molar refractivity (Wildman–Crippen MR) is 72.3 cm³/mol. The monoisotopic (exact) mass is 272 g/mol. The zero-order valence-electron chi connectivity index (χ0n) is 10.8. The quantitative estimate of drug-likeness (QED) is 0.845. The van der Waals surface area contributed by atoms with E-state index in [1.165, 1.54) is 0 Å². The van der Waals surface area contributed by atoms with Gasteiger partial charge in [0.2, 0.25) is 0 Å². The molecule has 1 aromatic heterocycles. The molecule has 2 rings (SSSR count). The van der Waals surface area contributed by atoms with E-state index in [0.717, 1.165) is 24.5 Å². The van der Waals surface area contributed by atoms with E-state index in [1.807, 2.05) is 11.6 Å². The van der Waals surface area contributed by atoms with Crippen molar-refractivity contribution >= 4 is 21.3 Å². The number of nitrogens with two attached hydrogens (primary N) is 1. The average Bonchev–Trinajstić information content (AvgIpc) is 2.75. The molecule has 1 aliphatic heterocycles. The third-order valence-electron chi connectivity index (χ3n) is 3.18. The third-order valence-corrected chi connectivity index (χ3v) is 4.95. The zero-order chi connectivity index (χ0) is 13.3. The lowest BCUT2D eigenvalue weighted by atomic mass is 10.2. The van der Waals surface area contributed by atoms with E-state index in [9.17, 15) is 8.42 Å². The number of anilines is 2. The van der Waals surface area contributed by atoms with Crippen LogP contribution in [0.2, 0.25) is 0 Å². The fraction of sp³-hybridized carbons (Fsp3) is 0.727. The molecular formula is C11H20N4O2S. The maximum Gasteiger partial charge on any atom is 0.152 e. The van der Waals surface area contributed by atoms with E-state index in [1.54, 1.807) is 0 Å². The van der Waals surface area contributed by atoms with Gasteiger partial charge in [-0.1, -0.05) is 6.92 Å². The Morgan fingerprint density at radius 2 is 2.28 bits per heavy atom. The van der Waals surface area contributed by atoms with E-state index in [-0.39, 0.29) is 17.5 Å². The van der Waals surface area contributed by atoms with E-state index < -0.39 is 9.84 Å². The number of nitrogens with one attached hydrogen (secondary N) is 1. The fourth-order valence-electron chi connectivity index (χ4n) is 2.22. The highest BCUT2D eigenvalue weighted by molar-refractivity contribution is 7.91. The molecule has 0 spiro atoms. The molecule has 3 N–H and O–H groups in total. The van der Waals surface area contributed by atoms with Crippen molar-refractivity contribution in [2.24, 2.45) is 0 Å². The summed E-state index contributed by atoms with van der Waals surface area (Å²) in [7, 11) is -2.88. The molecule has 6 nitrogen and oxygen atoms in total. The number of hydrogen-bond donors (Lipinski definition) is 2. The molecule has 102 valence electrons. The van der Waals surface area contributed by atoms with Gasteiger partial charge in [-0.25, -0.2) is 13.1 Å². The van der Waals surface area contributed by atoms with Crippen molar-refractivity contribution in [3.63, 3.8) is 0 Å². The Labute approximate surface area is 107 Å². The highest BCUT2D eigenvalue weighted by atomic mass is 32.2. The van der Waals surface area contributed by atoms with Crippen molar-refractivity contribution in [1.29, 1.82) is 0 Å². The van der Waals surface area contributed by atoms with Gasteiger partial charge in [-0.2, -0.15) is 5.10 Å². The number of aromatic nitrogens is 2. The number of sulfone groups is 1. The molecule has 0 bridgehead atoms. The first-order chi connectivity index (χ1) is 8.43. The van der Waals surface area contributed by atoms with Crippen LogP contribution in [0.5, 0.6) is 0 Å². The predicted octanol–water partition coefficient (Wildman–Crippen LogP) is 0.783. The Morgan fingerprint density at radius 1 is 1.56 bits per heavy atom. The van der Waals surface area contributed by atoms with Crippen molar-refractivity contribution in [3.05, 3.63) is 5.69 Å². The van der Waals surface area contributed by atoms with E-state index in [4.69, 9.17) is 5.73 Å². The maximum atomic E-state index is 11.4. The van der Waals surface area contributed by atoms with Gasteiger partial charge < -0.3 is 11.1 Å². The Morgan fingerprint density at radius 3 is 2.83 bits per heavy atom. The van der Waals surface area contributed by atoms with Crippen LogP contribution in [0.3, 0.4) is 0 Å². The molecule has 0 aliphatic carbocycles. The second kappa shape index (κ2) is 4.79. The summed E-state index contributed by atoms with van der Waals surface area (Å²) in [6.45, 7) is 4.70. The highest BCUT2D eigenvalue weighted by Gasteiger charge is 2.29.